The van der Waals surface area contributed by atoms with Gasteiger partial charge in [-0.2, -0.15) is 0 Å². The second-order valence-corrected chi connectivity index (χ2v) is 7.59. The minimum Gasteiger partial charge on any atom is -0.326 e. The molecule has 18 heavy (non-hydrogen) atoms. The Balaban J connectivity index is 2.57. The highest BCUT2D eigenvalue weighted by Crippen LogP contribution is 2.31. The first-order valence-electron chi connectivity index (χ1n) is 5.56. The number of rotatable bonds is 3. The monoisotopic (exact) mass is 281 g/mol. The van der Waals surface area contributed by atoms with Crippen molar-refractivity contribution < 1.29 is 8.42 Å². The fraction of sp³-hybridized carbons (Fsp3) is 0.231. The fourth-order valence-corrected chi connectivity index (χ4v) is 4.82. The zero-order valence-corrected chi connectivity index (χ0v) is 11.9. The van der Waals surface area contributed by atoms with Crippen LogP contribution in [0.1, 0.15) is 16.0 Å². The van der Waals surface area contributed by atoms with Gasteiger partial charge in [-0.05, 0) is 37.6 Å². The van der Waals surface area contributed by atoms with E-state index in [0.29, 0.717) is 14.7 Å². The molecule has 0 radical (unpaired) electrons. The first-order chi connectivity index (χ1) is 8.45. The molecule has 0 aliphatic heterocycles. The van der Waals surface area contributed by atoms with E-state index in [-0.39, 0.29) is 6.54 Å². The summed E-state index contributed by atoms with van der Waals surface area (Å²) in [5.41, 5.74) is 7.34. The number of hydrogen-bond acceptors (Lipinski definition) is 4. The molecule has 1 heterocycles. The van der Waals surface area contributed by atoms with E-state index in [0.717, 1.165) is 10.4 Å². The topological polar surface area (TPSA) is 60.2 Å². The zero-order chi connectivity index (χ0) is 13.3. The Hall–Kier alpha value is -1.17. The van der Waals surface area contributed by atoms with E-state index in [4.69, 9.17) is 5.73 Å². The van der Waals surface area contributed by atoms with E-state index in [1.807, 2.05) is 19.9 Å². The van der Waals surface area contributed by atoms with Gasteiger partial charge in [-0.3, -0.25) is 0 Å². The van der Waals surface area contributed by atoms with E-state index >= 15 is 0 Å². The van der Waals surface area contributed by atoms with Crippen LogP contribution in [0.25, 0.3) is 0 Å². The predicted octanol–water partition coefficient (Wildman–Crippen LogP) is 2.66. The van der Waals surface area contributed by atoms with E-state index in [1.54, 1.807) is 24.3 Å². The smallest absolute Gasteiger partial charge is 0.216 e. The lowest BCUT2D eigenvalue weighted by Crippen LogP contribution is -2.05. The van der Waals surface area contributed by atoms with Crippen LogP contribution >= 0.6 is 11.3 Å². The van der Waals surface area contributed by atoms with Crippen molar-refractivity contribution in [2.45, 2.75) is 29.5 Å². The molecule has 0 atom stereocenters. The fourth-order valence-electron chi connectivity index (χ4n) is 1.74. The molecule has 0 bridgehead atoms. The summed E-state index contributed by atoms with van der Waals surface area (Å²) in [6, 6.07) is 8.72. The number of benzene rings is 1. The summed E-state index contributed by atoms with van der Waals surface area (Å²) in [5, 5.41) is 0. The maximum Gasteiger partial charge on any atom is 0.216 e. The second-order valence-electron chi connectivity index (χ2n) is 4.19. The van der Waals surface area contributed by atoms with Gasteiger partial charge in [0.05, 0.1) is 4.90 Å². The zero-order valence-electron chi connectivity index (χ0n) is 10.3. The third-order valence-corrected chi connectivity index (χ3v) is 6.13. The van der Waals surface area contributed by atoms with Gasteiger partial charge in [0.1, 0.15) is 4.21 Å². The maximum atomic E-state index is 12.5. The molecule has 3 nitrogen and oxygen atoms in total. The van der Waals surface area contributed by atoms with Crippen LogP contribution in [-0.2, 0) is 16.4 Å². The highest BCUT2D eigenvalue weighted by molar-refractivity contribution is 7.93. The summed E-state index contributed by atoms with van der Waals surface area (Å²) in [4.78, 5) is 1.28. The molecule has 0 spiro atoms. The molecular formula is C13H15NO2S2. The van der Waals surface area contributed by atoms with E-state index in [2.05, 4.69) is 0 Å². The first-order valence-corrected chi connectivity index (χ1v) is 7.86. The molecule has 5 heteroatoms. The van der Waals surface area contributed by atoms with Crippen molar-refractivity contribution >= 4 is 21.2 Å². The SMILES string of the molecule is Cc1ccc(S(=O)(=O)c2sc(C)cc2CN)cc1. The van der Waals surface area contributed by atoms with Gasteiger partial charge in [-0.15, -0.1) is 11.3 Å². The van der Waals surface area contributed by atoms with Crippen molar-refractivity contribution in [1.29, 1.82) is 0 Å². The van der Waals surface area contributed by atoms with Crippen molar-refractivity contribution in [2.24, 2.45) is 5.73 Å². The summed E-state index contributed by atoms with van der Waals surface area (Å²) in [5.74, 6) is 0. The average Bonchev–Trinajstić information content (AvgIpc) is 2.72. The molecule has 2 aromatic rings. The van der Waals surface area contributed by atoms with Crippen molar-refractivity contribution in [2.75, 3.05) is 0 Å². The normalized spacial score (nSPS) is 11.7. The molecule has 0 amide bonds. The van der Waals surface area contributed by atoms with Crippen LogP contribution in [0, 0.1) is 13.8 Å². The van der Waals surface area contributed by atoms with Crippen LogP contribution in [-0.4, -0.2) is 8.42 Å². The summed E-state index contributed by atoms with van der Waals surface area (Å²) < 4.78 is 25.4. The Morgan fingerprint density at radius 1 is 1.17 bits per heavy atom. The van der Waals surface area contributed by atoms with Crippen molar-refractivity contribution in [3.8, 4) is 0 Å². The summed E-state index contributed by atoms with van der Waals surface area (Å²) in [6.07, 6.45) is 0. The molecule has 96 valence electrons. The van der Waals surface area contributed by atoms with Gasteiger partial charge in [0.2, 0.25) is 9.84 Å². The third-order valence-electron chi connectivity index (χ3n) is 2.69. The van der Waals surface area contributed by atoms with Gasteiger partial charge in [0, 0.05) is 11.4 Å². The predicted molar refractivity (Wildman–Crippen MR) is 73.6 cm³/mol. The molecule has 2 rings (SSSR count). The second kappa shape index (κ2) is 4.84. The number of nitrogens with two attached hydrogens (primary N) is 1. The van der Waals surface area contributed by atoms with Crippen molar-refractivity contribution in [3.05, 3.63) is 46.3 Å². The number of hydrogen-bond donors (Lipinski definition) is 1. The lowest BCUT2D eigenvalue weighted by atomic mass is 10.2. The molecule has 0 unspecified atom stereocenters. The third kappa shape index (κ3) is 2.34. The Bertz CT molecular complexity index is 655. The van der Waals surface area contributed by atoms with Gasteiger partial charge in [0.25, 0.3) is 0 Å². The van der Waals surface area contributed by atoms with Crippen LogP contribution in [0.3, 0.4) is 0 Å². The molecular weight excluding hydrogens is 266 g/mol. The van der Waals surface area contributed by atoms with Crippen LogP contribution in [0.2, 0.25) is 0 Å². The molecule has 1 aromatic carbocycles. The highest BCUT2D eigenvalue weighted by Gasteiger charge is 2.23. The van der Waals surface area contributed by atoms with Gasteiger partial charge in [-0.1, -0.05) is 17.7 Å². The number of thiophene rings is 1. The number of aryl methyl sites for hydroxylation is 2. The molecule has 1 aromatic heterocycles. The van der Waals surface area contributed by atoms with Crippen molar-refractivity contribution in [3.63, 3.8) is 0 Å². The van der Waals surface area contributed by atoms with E-state index in [1.165, 1.54) is 11.3 Å². The molecule has 0 aliphatic carbocycles. The van der Waals surface area contributed by atoms with Gasteiger partial charge >= 0.3 is 0 Å². The quantitative estimate of drug-likeness (QED) is 0.941. The van der Waals surface area contributed by atoms with Crippen molar-refractivity contribution in [1.82, 2.24) is 0 Å². The lowest BCUT2D eigenvalue weighted by molar-refractivity contribution is 0.597. The number of sulfone groups is 1. The first kappa shape index (κ1) is 13.3. The standard InChI is InChI=1S/C13H15NO2S2/c1-9-3-5-12(6-4-9)18(15,16)13-11(8-14)7-10(2)17-13/h3-7H,8,14H2,1-2H3. The van der Waals surface area contributed by atoms with Crippen LogP contribution in [0.15, 0.2) is 39.4 Å². The Morgan fingerprint density at radius 3 is 2.33 bits per heavy atom. The minimum absolute atomic E-state index is 0.241. The molecule has 0 fully saturated rings. The maximum absolute atomic E-state index is 12.5. The Labute approximate surface area is 111 Å². The molecule has 0 saturated carbocycles. The summed E-state index contributed by atoms with van der Waals surface area (Å²) in [7, 11) is -3.44. The summed E-state index contributed by atoms with van der Waals surface area (Å²) in [6.45, 7) is 4.06. The minimum atomic E-state index is -3.44. The van der Waals surface area contributed by atoms with E-state index < -0.39 is 9.84 Å². The van der Waals surface area contributed by atoms with Gasteiger partial charge < -0.3 is 5.73 Å². The van der Waals surface area contributed by atoms with Crippen LogP contribution < -0.4 is 5.73 Å². The van der Waals surface area contributed by atoms with Gasteiger partial charge in [0.15, 0.2) is 0 Å². The molecule has 2 N–H and O–H groups in total. The highest BCUT2D eigenvalue weighted by atomic mass is 32.2. The average molecular weight is 281 g/mol. The lowest BCUT2D eigenvalue weighted by Gasteiger charge is -2.04. The van der Waals surface area contributed by atoms with Crippen LogP contribution in [0.5, 0.6) is 0 Å². The molecule has 0 aliphatic rings. The summed E-state index contributed by atoms with van der Waals surface area (Å²) >= 11 is 1.28. The Morgan fingerprint density at radius 2 is 1.78 bits per heavy atom. The van der Waals surface area contributed by atoms with Crippen LogP contribution in [0.4, 0.5) is 0 Å². The molecule has 0 saturated heterocycles. The Kier molecular flexibility index (Phi) is 3.56. The largest absolute Gasteiger partial charge is 0.326 e. The van der Waals surface area contributed by atoms with E-state index in [9.17, 15) is 8.42 Å². The van der Waals surface area contributed by atoms with Gasteiger partial charge in [-0.25, -0.2) is 8.42 Å².